The number of nitrogens with zero attached hydrogens (tertiary/aromatic N) is 3. The van der Waals surface area contributed by atoms with Crippen LogP contribution in [0.5, 0.6) is 0 Å². The van der Waals surface area contributed by atoms with Crippen molar-refractivity contribution in [3.63, 3.8) is 0 Å². The van der Waals surface area contributed by atoms with Crippen LogP contribution in [-0.4, -0.2) is 147 Å². The predicted octanol–water partition coefficient (Wildman–Crippen LogP) is 5.45. The molecule has 21 heteroatoms. The zero-order valence-corrected chi connectivity index (χ0v) is 45.7. The lowest BCUT2D eigenvalue weighted by Gasteiger charge is -2.41. The van der Waals surface area contributed by atoms with E-state index in [1.807, 2.05) is 61.7 Å². The van der Waals surface area contributed by atoms with Crippen molar-refractivity contribution in [3.05, 3.63) is 138 Å². The number of hydrogen-bond acceptors (Lipinski definition) is 12. The third kappa shape index (κ3) is 19.8. The van der Waals surface area contributed by atoms with Gasteiger partial charge in [-0.3, -0.25) is 38.5 Å². The molecule has 0 unspecified atom stereocenters. The monoisotopic (exact) mass is 1100 g/mol. The maximum atomic E-state index is 15.3. The van der Waals surface area contributed by atoms with Gasteiger partial charge in [-0.2, -0.15) is 0 Å². The Balaban J connectivity index is 1.04. The topological polar surface area (TPSA) is 242 Å². The zero-order valence-electron chi connectivity index (χ0n) is 45.7. The van der Waals surface area contributed by atoms with E-state index in [-0.39, 0.29) is 76.3 Å². The van der Waals surface area contributed by atoms with Crippen LogP contribution in [0.2, 0.25) is 0 Å². The minimum atomic E-state index is -1.13. The summed E-state index contributed by atoms with van der Waals surface area (Å²) in [6.07, 6.45) is 4.55. The first-order valence-electron chi connectivity index (χ1n) is 26.2. The lowest BCUT2D eigenvalue weighted by atomic mass is 9.82. The molecule has 1 aliphatic heterocycles. The molecule has 0 fully saturated rings. The van der Waals surface area contributed by atoms with Gasteiger partial charge >= 0.3 is 0 Å². The first-order valence-corrected chi connectivity index (χ1v) is 26.2. The average Bonchev–Trinajstić information content (AvgIpc) is 4.06. The summed E-state index contributed by atoms with van der Waals surface area (Å²) < 4.78 is 53.6. The van der Waals surface area contributed by atoms with E-state index in [1.165, 1.54) is 19.1 Å². The second-order valence-corrected chi connectivity index (χ2v) is 19.9. The van der Waals surface area contributed by atoms with Crippen molar-refractivity contribution in [2.24, 2.45) is 11.1 Å². The fourth-order valence-corrected chi connectivity index (χ4v) is 8.48. The molecule has 0 saturated heterocycles. The fraction of sp³-hybridized carbons (Fsp3) is 0.431. The number of amides is 7. The van der Waals surface area contributed by atoms with Gasteiger partial charge in [0.05, 0.1) is 58.9 Å². The van der Waals surface area contributed by atoms with Crippen LogP contribution < -0.4 is 27.0 Å². The molecule has 7 amide bonds. The average molecular weight is 1100 g/mol. The molecule has 0 radical (unpaired) electrons. The number of carbonyl (C=O) groups is 7. The Morgan fingerprint density at radius 2 is 1.38 bits per heavy atom. The van der Waals surface area contributed by atoms with Crippen LogP contribution in [0, 0.1) is 17.0 Å². The van der Waals surface area contributed by atoms with Crippen LogP contribution >= 0.6 is 0 Å². The van der Waals surface area contributed by atoms with Crippen LogP contribution in [0.3, 0.4) is 0 Å². The third-order valence-electron chi connectivity index (χ3n) is 12.5. The van der Waals surface area contributed by atoms with E-state index < -0.39 is 64.7 Å². The molecular weight excluding hydrogens is 1020 g/mol. The van der Waals surface area contributed by atoms with Gasteiger partial charge in [0.15, 0.2) is 0 Å². The van der Waals surface area contributed by atoms with Gasteiger partial charge in [-0.25, -0.2) is 8.78 Å². The summed E-state index contributed by atoms with van der Waals surface area (Å²) in [5.74, 6) is -4.31. The molecule has 4 aromatic rings. The van der Waals surface area contributed by atoms with Gasteiger partial charge in [-0.15, -0.1) is 0 Å². The molecule has 19 nitrogen and oxygen atoms in total. The quantitative estimate of drug-likeness (QED) is 0.0227. The number of ether oxygens (including phenoxy) is 4. The van der Waals surface area contributed by atoms with Crippen LogP contribution in [0.15, 0.2) is 109 Å². The Kier molecular flexibility index (Phi) is 24.7. The minimum absolute atomic E-state index is 0.00294. The van der Waals surface area contributed by atoms with Crippen LogP contribution in [0.1, 0.15) is 81.5 Å². The molecule has 0 spiro atoms. The smallest absolute Gasteiger partial charge is 0.254 e. The summed E-state index contributed by atoms with van der Waals surface area (Å²) in [5.41, 5.74) is 8.71. The second-order valence-electron chi connectivity index (χ2n) is 19.9. The number of rotatable bonds is 33. The van der Waals surface area contributed by atoms with Crippen LogP contribution in [0.4, 0.5) is 14.5 Å². The van der Waals surface area contributed by atoms with Crippen molar-refractivity contribution < 1.29 is 61.3 Å². The molecular formula is C58H74F2N8O11. The van der Waals surface area contributed by atoms with Crippen LogP contribution in [-0.2, 0) is 54.3 Å². The van der Waals surface area contributed by atoms with Gasteiger partial charge in [0.1, 0.15) is 23.7 Å². The van der Waals surface area contributed by atoms with Crippen molar-refractivity contribution in [3.8, 4) is 11.1 Å². The Labute approximate surface area is 460 Å². The highest BCUT2D eigenvalue weighted by Crippen LogP contribution is 2.42. The number of hydrogen-bond donors (Lipinski definition) is 5. The van der Waals surface area contributed by atoms with E-state index in [0.29, 0.717) is 74.0 Å². The summed E-state index contributed by atoms with van der Waals surface area (Å²) >= 11 is 0. The number of benzene rings is 3. The lowest BCUT2D eigenvalue weighted by Crippen LogP contribution is -2.52. The van der Waals surface area contributed by atoms with E-state index in [4.69, 9.17) is 24.7 Å². The Morgan fingerprint density at radius 1 is 0.759 bits per heavy atom. The summed E-state index contributed by atoms with van der Waals surface area (Å²) in [5, 5.41) is 10.7. The number of imide groups is 1. The van der Waals surface area contributed by atoms with Crippen molar-refractivity contribution in [2.75, 3.05) is 84.4 Å². The molecule has 2 heterocycles. The van der Waals surface area contributed by atoms with Crippen molar-refractivity contribution in [1.29, 1.82) is 0 Å². The maximum absolute atomic E-state index is 15.3. The molecule has 6 N–H and O–H groups in total. The minimum Gasteiger partial charge on any atom is -0.379 e. The molecule has 426 valence electrons. The zero-order chi connectivity index (χ0) is 57.5. The number of nitrogens with two attached hydrogens (primary N) is 1. The Bertz CT molecular complexity index is 2730. The molecule has 0 bridgehead atoms. The normalized spacial score (nSPS) is 13.4. The molecule has 0 saturated carbocycles. The number of aromatic nitrogens is 1. The first kappa shape index (κ1) is 62.4. The van der Waals surface area contributed by atoms with E-state index >= 15 is 4.39 Å². The third-order valence-corrected chi connectivity index (χ3v) is 12.5. The van der Waals surface area contributed by atoms with Gasteiger partial charge in [0.2, 0.25) is 23.6 Å². The highest BCUT2D eigenvalue weighted by Gasteiger charge is 2.38. The number of nitrogens with one attached hydrogen (secondary N) is 4. The standard InChI is InChI=1S/C58H74F2N8O11/c1-39(2)53(65-50(70)22-27-76-29-31-78-33-34-79-32-30-77-28-24-62-49(69)21-26-67-51(71)19-20-52(67)72)56(74)63-40(3)55(73)64-45-16-13-42(14-17-45)57(75)68(25-10-23-61)54(58(4,5)6)48-35-43(46-36-44(59)15-18-47(46)60)38-66(48)37-41-11-8-7-9-12-41/h7-9,11-20,35-36,38,40,53-54H,1,10,21-34,37,61H2,2-6H3,(H,62,69)(H,63,74)(H,64,73)(H,65,70)/t40-,53-,54-/m0/s1. The summed E-state index contributed by atoms with van der Waals surface area (Å²) in [7, 11) is 0. The molecule has 0 aliphatic carbocycles. The van der Waals surface area contributed by atoms with E-state index in [9.17, 15) is 38.0 Å². The highest BCUT2D eigenvalue weighted by atomic mass is 19.1. The van der Waals surface area contributed by atoms with E-state index in [1.54, 1.807) is 42.3 Å². The molecule has 3 aromatic carbocycles. The Morgan fingerprint density at radius 3 is 1.99 bits per heavy atom. The van der Waals surface area contributed by atoms with Gasteiger partial charge < -0.3 is 55.4 Å². The van der Waals surface area contributed by atoms with Gasteiger partial charge in [-0.05, 0) is 91.9 Å². The first-order chi connectivity index (χ1) is 37.8. The fourth-order valence-electron chi connectivity index (χ4n) is 8.48. The largest absolute Gasteiger partial charge is 0.379 e. The molecule has 79 heavy (non-hydrogen) atoms. The van der Waals surface area contributed by atoms with E-state index in [2.05, 4.69) is 27.8 Å². The summed E-state index contributed by atoms with van der Waals surface area (Å²) in [6.45, 7) is 16.2. The molecule has 1 aliphatic rings. The maximum Gasteiger partial charge on any atom is 0.254 e. The second kappa shape index (κ2) is 31.2. The van der Waals surface area contributed by atoms with E-state index in [0.717, 1.165) is 28.7 Å². The number of halogens is 2. The summed E-state index contributed by atoms with van der Waals surface area (Å²) in [4.78, 5) is 92.0. The molecule has 5 rings (SSSR count). The lowest BCUT2D eigenvalue weighted by molar-refractivity contribution is -0.137. The number of anilines is 1. The Hall–Kier alpha value is -7.43. The predicted molar refractivity (Wildman–Crippen MR) is 293 cm³/mol. The molecule has 1 aromatic heterocycles. The van der Waals surface area contributed by atoms with Gasteiger partial charge in [0, 0.05) is 85.4 Å². The van der Waals surface area contributed by atoms with Crippen molar-refractivity contribution in [2.45, 2.75) is 78.6 Å². The van der Waals surface area contributed by atoms with Gasteiger partial charge in [-0.1, -0.05) is 57.7 Å². The van der Waals surface area contributed by atoms with Crippen molar-refractivity contribution >= 4 is 47.0 Å². The van der Waals surface area contributed by atoms with Crippen molar-refractivity contribution in [1.82, 2.24) is 30.3 Å². The highest BCUT2D eigenvalue weighted by molar-refractivity contribution is 6.13. The van der Waals surface area contributed by atoms with Crippen LogP contribution in [0.25, 0.3) is 11.1 Å². The molecule has 3 atom stereocenters. The SMILES string of the molecule is C=C(C)[C@H](NC(=O)CCOCCOCCOCCOCCNC(=O)CCN1C(=O)C=CC1=O)C(=O)N[C@@H](C)C(=O)Nc1ccc(C(=O)N(CCCN)[C@@H](c2cc(-c3cc(F)ccc3F)cn2Cc2ccccc2)C(C)(C)C)cc1. The summed E-state index contributed by atoms with van der Waals surface area (Å²) in [6, 6.07) is 18.5. The number of carbonyl (C=O) groups excluding carboxylic acids is 7. The van der Waals surface area contributed by atoms with Gasteiger partial charge in [0.25, 0.3) is 17.7 Å².